The van der Waals surface area contributed by atoms with E-state index >= 15 is 0 Å². The molecule has 0 spiro atoms. The molecule has 1 N–H and O–H groups in total. The lowest BCUT2D eigenvalue weighted by molar-refractivity contribution is -0.116. The van der Waals surface area contributed by atoms with E-state index in [0.717, 1.165) is 35.7 Å². The van der Waals surface area contributed by atoms with Gasteiger partial charge in [-0.25, -0.2) is 4.98 Å². The third-order valence-electron chi connectivity index (χ3n) is 4.69. The number of carbonyl (C=O) groups is 1. The summed E-state index contributed by atoms with van der Waals surface area (Å²) < 4.78 is 5.92. The summed E-state index contributed by atoms with van der Waals surface area (Å²) in [5.41, 5.74) is 4.22. The maximum absolute atomic E-state index is 11.7. The Balaban J connectivity index is 1.50. The summed E-state index contributed by atoms with van der Waals surface area (Å²) in [5, 5.41) is 3.44. The smallest absolute Gasteiger partial charge is 0.223 e. The Morgan fingerprint density at radius 1 is 1.23 bits per heavy atom. The Morgan fingerprint density at radius 3 is 2.81 bits per heavy atom. The predicted octanol–water partition coefficient (Wildman–Crippen LogP) is 4.42. The van der Waals surface area contributed by atoms with E-state index < -0.39 is 0 Å². The van der Waals surface area contributed by atoms with Crippen molar-refractivity contribution in [1.82, 2.24) is 4.98 Å². The maximum Gasteiger partial charge on any atom is 0.223 e. The average molecular weight is 347 g/mol. The normalized spacial score (nSPS) is 14.2. The van der Waals surface area contributed by atoms with Crippen molar-refractivity contribution in [3.63, 3.8) is 0 Å². The molecule has 1 atom stereocenters. The molecule has 3 aromatic rings. The molecule has 0 aliphatic carbocycles. The van der Waals surface area contributed by atoms with Crippen LogP contribution in [-0.2, 0) is 11.2 Å². The fraction of sp³-hybridized carbons (Fsp3) is 0.238. The van der Waals surface area contributed by atoms with Gasteiger partial charge in [-0.3, -0.25) is 4.79 Å². The summed E-state index contributed by atoms with van der Waals surface area (Å²) in [7, 11) is 0. The summed E-state index contributed by atoms with van der Waals surface area (Å²) in [4.78, 5) is 17.9. The van der Waals surface area contributed by atoms with E-state index in [9.17, 15) is 4.79 Å². The molecule has 1 aliphatic rings. The van der Waals surface area contributed by atoms with Gasteiger partial charge in [0.15, 0.2) is 5.76 Å². The number of amides is 1. The molecule has 0 fully saturated rings. The zero-order chi connectivity index (χ0) is 18.1. The molecule has 132 valence electrons. The summed E-state index contributed by atoms with van der Waals surface area (Å²) in [5.74, 6) is 1.50. The summed E-state index contributed by atoms with van der Waals surface area (Å²) in [6.07, 6.45) is 2.65. The van der Waals surface area contributed by atoms with Gasteiger partial charge in [0, 0.05) is 30.4 Å². The number of anilines is 2. The van der Waals surface area contributed by atoms with Gasteiger partial charge in [-0.15, -0.1) is 0 Å². The SMILES string of the molecule is CC(=O)N1CCc2cc(N[C@H](C)c3ncc(-c4ccccc4)o3)ccc21. The molecule has 5 heteroatoms. The van der Waals surface area contributed by atoms with Crippen LogP contribution in [0.4, 0.5) is 11.4 Å². The van der Waals surface area contributed by atoms with Crippen LogP contribution in [0.15, 0.2) is 59.1 Å². The van der Waals surface area contributed by atoms with Crippen molar-refractivity contribution in [1.29, 1.82) is 0 Å². The topological polar surface area (TPSA) is 58.4 Å². The first-order valence-corrected chi connectivity index (χ1v) is 8.80. The van der Waals surface area contributed by atoms with Gasteiger partial charge >= 0.3 is 0 Å². The standard InChI is InChI=1S/C21H21N3O2/c1-14(21-22-13-20(26-21)16-6-4-3-5-7-16)23-18-8-9-19-17(12-18)10-11-24(19)15(2)25/h3-9,12-14,23H,10-11H2,1-2H3/t14-/m1/s1. The van der Waals surface area contributed by atoms with Crippen molar-refractivity contribution in [2.45, 2.75) is 26.3 Å². The second kappa shape index (κ2) is 6.67. The van der Waals surface area contributed by atoms with E-state index in [1.54, 1.807) is 13.1 Å². The minimum absolute atomic E-state index is 0.0594. The molecule has 0 radical (unpaired) electrons. The van der Waals surface area contributed by atoms with Crippen LogP contribution in [0.2, 0.25) is 0 Å². The third-order valence-corrected chi connectivity index (χ3v) is 4.69. The lowest BCUT2D eigenvalue weighted by atomic mass is 10.1. The molecule has 4 rings (SSSR count). The van der Waals surface area contributed by atoms with Crippen LogP contribution in [0, 0.1) is 0 Å². The average Bonchev–Trinajstić information content (AvgIpc) is 3.29. The fourth-order valence-electron chi connectivity index (χ4n) is 3.35. The highest BCUT2D eigenvalue weighted by Crippen LogP contribution is 2.32. The molecule has 1 aromatic heterocycles. The number of nitrogens with zero attached hydrogens (tertiary/aromatic N) is 2. The van der Waals surface area contributed by atoms with E-state index in [-0.39, 0.29) is 11.9 Å². The van der Waals surface area contributed by atoms with Crippen LogP contribution in [0.25, 0.3) is 11.3 Å². The summed E-state index contributed by atoms with van der Waals surface area (Å²) in [6.45, 7) is 4.38. The Labute approximate surface area is 152 Å². The van der Waals surface area contributed by atoms with Gasteiger partial charge in [0.25, 0.3) is 0 Å². The van der Waals surface area contributed by atoms with Gasteiger partial charge in [0.1, 0.15) is 6.04 Å². The molecule has 26 heavy (non-hydrogen) atoms. The minimum Gasteiger partial charge on any atom is -0.438 e. The highest BCUT2D eigenvalue weighted by molar-refractivity contribution is 5.94. The molecule has 0 bridgehead atoms. The molecule has 0 unspecified atom stereocenters. The van der Waals surface area contributed by atoms with E-state index in [1.807, 2.05) is 54.3 Å². The number of hydrogen-bond acceptors (Lipinski definition) is 4. The van der Waals surface area contributed by atoms with Gasteiger partial charge in [-0.05, 0) is 37.1 Å². The first kappa shape index (κ1) is 16.4. The van der Waals surface area contributed by atoms with Crippen LogP contribution in [0.1, 0.15) is 31.3 Å². The molecule has 0 saturated carbocycles. The first-order chi connectivity index (χ1) is 12.6. The van der Waals surface area contributed by atoms with Gasteiger partial charge in [-0.2, -0.15) is 0 Å². The van der Waals surface area contributed by atoms with Crippen LogP contribution in [0.3, 0.4) is 0 Å². The second-order valence-electron chi connectivity index (χ2n) is 6.56. The van der Waals surface area contributed by atoms with Crippen LogP contribution < -0.4 is 10.2 Å². The highest BCUT2D eigenvalue weighted by atomic mass is 16.4. The lowest BCUT2D eigenvalue weighted by Crippen LogP contribution is -2.25. The van der Waals surface area contributed by atoms with Gasteiger partial charge in [0.2, 0.25) is 11.8 Å². The number of fused-ring (bicyclic) bond motifs is 1. The van der Waals surface area contributed by atoms with Crippen LogP contribution in [-0.4, -0.2) is 17.4 Å². The largest absolute Gasteiger partial charge is 0.438 e. The molecular formula is C21H21N3O2. The highest BCUT2D eigenvalue weighted by Gasteiger charge is 2.22. The van der Waals surface area contributed by atoms with Crippen molar-refractivity contribution < 1.29 is 9.21 Å². The summed E-state index contributed by atoms with van der Waals surface area (Å²) in [6, 6.07) is 16.0. The van der Waals surface area contributed by atoms with Crippen LogP contribution in [0.5, 0.6) is 0 Å². The predicted molar refractivity (Wildman–Crippen MR) is 102 cm³/mol. The Morgan fingerprint density at radius 2 is 2.04 bits per heavy atom. The zero-order valence-electron chi connectivity index (χ0n) is 14.9. The Hall–Kier alpha value is -3.08. The monoisotopic (exact) mass is 347 g/mol. The van der Waals surface area contributed by atoms with Gasteiger partial charge in [0.05, 0.1) is 6.20 Å². The molecule has 0 saturated heterocycles. The van der Waals surface area contributed by atoms with E-state index in [1.165, 1.54) is 5.56 Å². The van der Waals surface area contributed by atoms with Crippen molar-refractivity contribution >= 4 is 17.3 Å². The fourth-order valence-corrected chi connectivity index (χ4v) is 3.35. The Kier molecular flexibility index (Phi) is 4.21. The molecule has 2 heterocycles. The number of benzene rings is 2. The number of carbonyl (C=O) groups excluding carboxylic acids is 1. The van der Waals surface area contributed by atoms with Crippen molar-refractivity contribution in [3.05, 3.63) is 66.2 Å². The Bertz CT molecular complexity index is 933. The lowest BCUT2D eigenvalue weighted by Gasteiger charge is -2.16. The van der Waals surface area contributed by atoms with Crippen molar-refractivity contribution in [3.8, 4) is 11.3 Å². The summed E-state index contributed by atoms with van der Waals surface area (Å²) >= 11 is 0. The molecule has 1 aliphatic heterocycles. The van der Waals surface area contributed by atoms with E-state index in [4.69, 9.17) is 4.42 Å². The first-order valence-electron chi connectivity index (χ1n) is 8.80. The number of aromatic nitrogens is 1. The van der Waals surface area contributed by atoms with Crippen LogP contribution >= 0.6 is 0 Å². The van der Waals surface area contributed by atoms with Gasteiger partial charge < -0.3 is 14.6 Å². The molecule has 1 amide bonds. The zero-order valence-corrected chi connectivity index (χ0v) is 14.9. The van der Waals surface area contributed by atoms with Crippen molar-refractivity contribution in [2.24, 2.45) is 0 Å². The number of hydrogen-bond donors (Lipinski definition) is 1. The number of nitrogens with one attached hydrogen (secondary N) is 1. The van der Waals surface area contributed by atoms with E-state index in [0.29, 0.717) is 5.89 Å². The van der Waals surface area contributed by atoms with Gasteiger partial charge in [-0.1, -0.05) is 30.3 Å². The maximum atomic E-state index is 11.7. The molecule has 5 nitrogen and oxygen atoms in total. The number of rotatable bonds is 4. The quantitative estimate of drug-likeness (QED) is 0.759. The minimum atomic E-state index is -0.0594. The van der Waals surface area contributed by atoms with Crippen molar-refractivity contribution in [2.75, 3.05) is 16.8 Å². The second-order valence-corrected chi connectivity index (χ2v) is 6.56. The molecule has 2 aromatic carbocycles. The molecular weight excluding hydrogens is 326 g/mol. The third kappa shape index (κ3) is 3.08. The number of oxazole rings is 1. The van der Waals surface area contributed by atoms with E-state index in [2.05, 4.69) is 16.4 Å².